The highest BCUT2D eigenvalue weighted by Gasteiger charge is 1.96. The molecule has 0 aliphatic heterocycles. The van der Waals surface area contributed by atoms with Gasteiger partial charge in [-0.05, 0) is 37.9 Å². The van der Waals surface area contributed by atoms with Crippen molar-refractivity contribution in [3.63, 3.8) is 0 Å². The Hall–Kier alpha value is -1.26. The fourth-order valence-electron chi connectivity index (χ4n) is 1.67. The van der Waals surface area contributed by atoms with Crippen LogP contribution in [-0.2, 0) is 4.74 Å². The van der Waals surface area contributed by atoms with Gasteiger partial charge < -0.3 is 19.9 Å². The Bertz CT molecular complexity index is 331. The van der Waals surface area contributed by atoms with Crippen molar-refractivity contribution < 1.29 is 14.2 Å². The first-order valence-corrected chi connectivity index (χ1v) is 6.91. The summed E-state index contributed by atoms with van der Waals surface area (Å²) in [4.78, 5) is 0. The van der Waals surface area contributed by atoms with Crippen LogP contribution < -0.4 is 15.2 Å². The zero-order valence-electron chi connectivity index (χ0n) is 11.8. The van der Waals surface area contributed by atoms with Crippen LogP contribution in [0.2, 0.25) is 0 Å². The van der Waals surface area contributed by atoms with Crippen LogP contribution >= 0.6 is 0 Å². The van der Waals surface area contributed by atoms with Crippen molar-refractivity contribution in [2.45, 2.75) is 25.7 Å². The maximum atomic E-state index is 5.62. The zero-order valence-corrected chi connectivity index (χ0v) is 11.8. The molecule has 1 rings (SSSR count). The van der Waals surface area contributed by atoms with Gasteiger partial charge in [-0.1, -0.05) is 6.07 Å². The Kier molecular flexibility index (Phi) is 8.85. The van der Waals surface area contributed by atoms with E-state index in [-0.39, 0.29) is 0 Å². The second kappa shape index (κ2) is 10.6. The smallest absolute Gasteiger partial charge is 0.122 e. The average Bonchev–Trinajstić information content (AvgIpc) is 2.46. The van der Waals surface area contributed by atoms with Crippen molar-refractivity contribution in [1.82, 2.24) is 0 Å². The third-order valence-corrected chi connectivity index (χ3v) is 2.74. The molecule has 4 nitrogen and oxygen atoms in total. The highest BCUT2D eigenvalue weighted by molar-refractivity contribution is 5.32. The van der Waals surface area contributed by atoms with Crippen LogP contribution in [0.25, 0.3) is 0 Å². The lowest BCUT2D eigenvalue weighted by Crippen LogP contribution is -2.05. The van der Waals surface area contributed by atoms with Gasteiger partial charge in [0.05, 0.1) is 13.7 Å². The van der Waals surface area contributed by atoms with E-state index >= 15 is 0 Å². The van der Waals surface area contributed by atoms with E-state index in [1.807, 2.05) is 24.3 Å². The fraction of sp³-hybridized carbons (Fsp3) is 0.600. The van der Waals surface area contributed by atoms with Gasteiger partial charge in [-0.2, -0.15) is 0 Å². The number of benzene rings is 1. The van der Waals surface area contributed by atoms with Gasteiger partial charge in [0.2, 0.25) is 0 Å². The third kappa shape index (κ3) is 7.70. The first-order valence-electron chi connectivity index (χ1n) is 6.91. The maximum absolute atomic E-state index is 5.62. The van der Waals surface area contributed by atoms with Crippen LogP contribution in [0.1, 0.15) is 25.7 Å². The van der Waals surface area contributed by atoms with Crippen molar-refractivity contribution in [2.24, 2.45) is 5.73 Å². The van der Waals surface area contributed by atoms with Gasteiger partial charge in [-0.15, -0.1) is 0 Å². The van der Waals surface area contributed by atoms with E-state index in [1.54, 1.807) is 7.11 Å². The molecular formula is C15H25NO3. The Morgan fingerprint density at radius 3 is 2.53 bits per heavy atom. The lowest BCUT2D eigenvalue weighted by Gasteiger charge is -2.08. The Labute approximate surface area is 115 Å². The summed E-state index contributed by atoms with van der Waals surface area (Å²) in [6.07, 6.45) is 4.22. The predicted molar refractivity (Wildman–Crippen MR) is 76.8 cm³/mol. The van der Waals surface area contributed by atoms with Crippen LogP contribution in [0.3, 0.4) is 0 Å². The largest absolute Gasteiger partial charge is 0.497 e. The van der Waals surface area contributed by atoms with Gasteiger partial charge >= 0.3 is 0 Å². The predicted octanol–water partition coefficient (Wildman–Crippen LogP) is 2.61. The normalized spacial score (nSPS) is 10.4. The molecule has 0 aliphatic carbocycles. The highest BCUT2D eigenvalue weighted by atomic mass is 16.5. The van der Waals surface area contributed by atoms with Gasteiger partial charge in [0.25, 0.3) is 0 Å². The number of methoxy groups -OCH3 is 1. The van der Waals surface area contributed by atoms with E-state index in [9.17, 15) is 0 Å². The Morgan fingerprint density at radius 1 is 0.947 bits per heavy atom. The van der Waals surface area contributed by atoms with E-state index < -0.39 is 0 Å². The summed E-state index contributed by atoms with van der Waals surface area (Å²) in [5.41, 5.74) is 5.42. The molecule has 0 unspecified atom stereocenters. The lowest BCUT2D eigenvalue weighted by atomic mass is 10.2. The monoisotopic (exact) mass is 267 g/mol. The quantitative estimate of drug-likeness (QED) is 0.626. The first kappa shape index (κ1) is 15.8. The van der Waals surface area contributed by atoms with E-state index in [4.69, 9.17) is 19.9 Å². The molecule has 0 heterocycles. The SMILES string of the molecule is COc1cccc(OCCCOCCCCCN)c1. The van der Waals surface area contributed by atoms with E-state index in [1.165, 1.54) is 0 Å². The van der Waals surface area contributed by atoms with Crippen molar-refractivity contribution >= 4 is 0 Å². The first-order chi connectivity index (χ1) is 9.36. The topological polar surface area (TPSA) is 53.7 Å². The van der Waals surface area contributed by atoms with Gasteiger partial charge in [0.15, 0.2) is 0 Å². The van der Waals surface area contributed by atoms with Crippen LogP contribution in [0, 0.1) is 0 Å². The third-order valence-electron chi connectivity index (χ3n) is 2.74. The molecule has 1 aromatic rings. The molecule has 0 saturated heterocycles. The fourth-order valence-corrected chi connectivity index (χ4v) is 1.67. The summed E-state index contributed by atoms with van der Waals surface area (Å²) >= 11 is 0. The number of nitrogens with two attached hydrogens (primary N) is 1. The molecule has 0 fully saturated rings. The minimum absolute atomic E-state index is 0.663. The van der Waals surface area contributed by atoms with E-state index in [0.717, 1.165) is 56.9 Å². The molecular weight excluding hydrogens is 242 g/mol. The standard InChI is InChI=1S/C15H25NO3/c1-17-14-7-5-8-15(13-14)19-12-6-11-18-10-4-2-3-9-16/h5,7-8,13H,2-4,6,9-12,16H2,1H3. The maximum Gasteiger partial charge on any atom is 0.122 e. The molecule has 0 radical (unpaired) electrons. The summed E-state index contributed by atoms with van der Waals surface area (Å²) in [5.74, 6) is 1.65. The molecule has 2 N–H and O–H groups in total. The Morgan fingerprint density at radius 2 is 1.74 bits per heavy atom. The lowest BCUT2D eigenvalue weighted by molar-refractivity contribution is 0.116. The second-order valence-electron chi connectivity index (χ2n) is 4.34. The number of rotatable bonds is 11. The molecule has 0 amide bonds. The minimum Gasteiger partial charge on any atom is -0.497 e. The summed E-state index contributed by atoms with van der Waals surface area (Å²) in [7, 11) is 1.65. The molecule has 0 aromatic heterocycles. The van der Waals surface area contributed by atoms with Crippen molar-refractivity contribution in [3.05, 3.63) is 24.3 Å². The van der Waals surface area contributed by atoms with Gasteiger partial charge in [-0.25, -0.2) is 0 Å². The van der Waals surface area contributed by atoms with Crippen molar-refractivity contribution in [3.8, 4) is 11.5 Å². The van der Waals surface area contributed by atoms with E-state index in [2.05, 4.69) is 0 Å². The molecule has 0 aliphatic rings. The molecule has 4 heteroatoms. The minimum atomic E-state index is 0.663. The van der Waals surface area contributed by atoms with Crippen LogP contribution in [0.15, 0.2) is 24.3 Å². The summed E-state index contributed by atoms with van der Waals surface area (Å²) < 4.78 is 16.3. The molecule has 19 heavy (non-hydrogen) atoms. The summed E-state index contributed by atoms with van der Waals surface area (Å²) in [6, 6.07) is 7.63. The molecule has 1 aromatic carbocycles. The molecule has 0 spiro atoms. The zero-order chi connectivity index (χ0) is 13.8. The van der Waals surface area contributed by atoms with Gasteiger partial charge in [0, 0.05) is 25.7 Å². The van der Waals surface area contributed by atoms with Crippen LogP contribution in [0.4, 0.5) is 0 Å². The van der Waals surface area contributed by atoms with Crippen molar-refractivity contribution in [1.29, 1.82) is 0 Å². The Balaban J connectivity index is 1.98. The van der Waals surface area contributed by atoms with Gasteiger partial charge in [0.1, 0.15) is 11.5 Å². The van der Waals surface area contributed by atoms with Gasteiger partial charge in [-0.3, -0.25) is 0 Å². The van der Waals surface area contributed by atoms with E-state index in [0.29, 0.717) is 6.61 Å². The number of unbranched alkanes of at least 4 members (excludes halogenated alkanes) is 2. The highest BCUT2D eigenvalue weighted by Crippen LogP contribution is 2.18. The van der Waals surface area contributed by atoms with Crippen LogP contribution in [-0.4, -0.2) is 33.5 Å². The summed E-state index contributed by atoms with van der Waals surface area (Å²) in [5, 5.41) is 0. The average molecular weight is 267 g/mol. The molecule has 0 atom stereocenters. The van der Waals surface area contributed by atoms with Crippen LogP contribution in [0.5, 0.6) is 11.5 Å². The molecule has 108 valence electrons. The summed E-state index contributed by atoms with van der Waals surface area (Å²) in [6.45, 7) is 3.00. The molecule has 0 saturated carbocycles. The number of hydrogen-bond acceptors (Lipinski definition) is 4. The second-order valence-corrected chi connectivity index (χ2v) is 4.34. The molecule has 0 bridgehead atoms. The van der Waals surface area contributed by atoms with Crippen molar-refractivity contribution in [2.75, 3.05) is 33.5 Å². The number of hydrogen-bond donors (Lipinski definition) is 1. The number of ether oxygens (including phenoxy) is 3.